The molecular formula is C19H22N2O3. The predicted octanol–water partition coefficient (Wildman–Crippen LogP) is 3.13. The Bertz CT molecular complexity index is 686. The van der Waals surface area contributed by atoms with E-state index in [9.17, 15) is 4.79 Å². The lowest BCUT2D eigenvalue weighted by atomic mass is 9.81. The SMILES string of the molecule is O=C(c1ccco1)N1C[C@@H]2CCC[C@]2(COCc2ccncc2)C1. The van der Waals surface area contributed by atoms with E-state index >= 15 is 0 Å². The number of hydrogen-bond acceptors (Lipinski definition) is 4. The standard InChI is InChI=1S/C19H22N2O3/c22-18(17-4-2-10-24-17)21-11-16-3-1-7-19(16,13-21)14-23-12-15-5-8-20-9-6-15/h2,4-6,8-10,16H,1,3,7,11-14H2/t16-,19+/m0/s1. The van der Waals surface area contributed by atoms with Crippen LogP contribution in [0.1, 0.15) is 35.4 Å². The molecule has 0 N–H and O–H groups in total. The summed E-state index contributed by atoms with van der Waals surface area (Å²) < 4.78 is 11.3. The largest absolute Gasteiger partial charge is 0.459 e. The number of pyridine rings is 1. The van der Waals surface area contributed by atoms with Gasteiger partial charge in [0.25, 0.3) is 5.91 Å². The Morgan fingerprint density at radius 1 is 1.38 bits per heavy atom. The van der Waals surface area contributed by atoms with Crippen LogP contribution in [-0.4, -0.2) is 35.5 Å². The average Bonchev–Trinajstić information content (AvgIpc) is 3.31. The van der Waals surface area contributed by atoms with Gasteiger partial charge in [-0.2, -0.15) is 0 Å². The molecular weight excluding hydrogens is 304 g/mol. The molecule has 1 saturated heterocycles. The summed E-state index contributed by atoms with van der Waals surface area (Å²) >= 11 is 0. The molecule has 0 bridgehead atoms. The van der Waals surface area contributed by atoms with Crippen molar-refractivity contribution in [3.63, 3.8) is 0 Å². The molecule has 24 heavy (non-hydrogen) atoms. The highest BCUT2D eigenvalue weighted by Gasteiger charge is 2.51. The van der Waals surface area contributed by atoms with Gasteiger partial charge in [0.1, 0.15) is 0 Å². The van der Waals surface area contributed by atoms with Gasteiger partial charge in [-0.25, -0.2) is 0 Å². The van der Waals surface area contributed by atoms with E-state index in [-0.39, 0.29) is 11.3 Å². The first-order chi connectivity index (χ1) is 11.8. The molecule has 2 aliphatic rings. The molecule has 0 spiro atoms. The second-order valence-electron chi connectivity index (χ2n) is 6.96. The fourth-order valence-corrected chi connectivity index (χ4v) is 4.21. The highest BCUT2D eigenvalue weighted by molar-refractivity contribution is 5.91. The van der Waals surface area contributed by atoms with E-state index in [4.69, 9.17) is 9.15 Å². The van der Waals surface area contributed by atoms with Crippen LogP contribution in [0.4, 0.5) is 0 Å². The first kappa shape index (κ1) is 15.4. The average molecular weight is 326 g/mol. The van der Waals surface area contributed by atoms with Crippen molar-refractivity contribution in [2.45, 2.75) is 25.9 Å². The van der Waals surface area contributed by atoms with E-state index in [0.29, 0.717) is 24.9 Å². The molecule has 4 rings (SSSR count). The van der Waals surface area contributed by atoms with Crippen molar-refractivity contribution >= 4 is 5.91 Å². The molecule has 1 aliphatic heterocycles. The molecule has 0 aromatic carbocycles. The van der Waals surface area contributed by atoms with Gasteiger partial charge in [-0.1, -0.05) is 6.42 Å². The molecule has 0 radical (unpaired) electrons. The van der Waals surface area contributed by atoms with Crippen LogP contribution in [0.3, 0.4) is 0 Å². The second-order valence-corrected chi connectivity index (χ2v) is 6.96. The maximum Gasteiger partial charge on any atom is 0.289 e. The minimum atomic E-state index is 0.00269. The third-order valence-electron chi connectivity index (χ3n) is 5.47. The Balaban J connectivity index is 1.40. The maximum atomic E-state index is 12.6. The van der Waals surface area contributed by atoms with Crippen LogP contribution in [0.25, 0.3) is 0 Å². The van der Waals surface area contributed by atoms with E-state index in [1.807, 2.05) is 17.0 Å². The summed E-state index contributed by atoms with van der Waals surface area (Å²) in [5.74, 6) is 0.972. The van der Waals surface area contributed by atoms with Gasteiger partial charge in [0, 0.05) is 30.9 Å². The van der Waals surface area contributed by atoms with E-state index in [0.717, 1.165) is 25.1 Å². The molecule has 2 atom stereocenters. The Hall–Kier alpha value is -2.14. The number of nitrogens with zero attached hydrogens (tertiary/aromatic N) is 2. The summed E-state index contributed by atoms with van der Waals surface area (Å²) in [6.07, 6.45) is 8.67. The molecule has 126 valence electrons. The first-order valence-corrected chi connectivity index (χ1v) is 8.56. The Morgan fingerprint density at radius 3 is 3.04 bits per heavy atom. The van der Waals surface area contributed by atoms with Crippen LogP contribution in [0.2, 0.25) is 0 Å². The number of fused-ring (bicyclic) bond motifs is 1. The summed E-state index contributed by atoms with van der Waals surface area (Å²) in [4.78, 5) is 18.5. The number of aromatic nitrogens is 1. The van der Waals surface area contributed by atoms with Gasteiger partial charge in [0.15, 0.2) is 5.76 Å². The van der Waals surface area contributed by atoms with E-state index in [1.54, 1.807) is 30.8 Å². The van der Waals surface area contributed by atoms with Crippen LogP contribution in [0.5, 0.6) is 0 Å². The molecule has 2 aromatic heterocycles. The third-order valence-corrected chi connectivity index (χ3v) is 5.47. The van der Waals surface area contributed by atoms with Gasteiger partial charge in [-0.15, -0.1) is 0 Å². The monoisotopic (exact) mass is 326 g/mol. The van der Waals surface area contributed by atoms with Crippen molar-refractivity contribution in [2.24, 2.45) is 11.3 Å². The lowest BCUT2D eigenvalue weighted by Gasteiger charge is -2.28. The van der Waals surface area contributed by atoms with Gasteiger partial charge in [-0.3, -0.25) is 9.78 Å². The summed E-state index contributed by atoms with van der Waals surface area (Å²) in [7, 11) is 0. The zero-order valence-corrected chi connectivity index (χ0v) is 13.7. The Kier molecular flexibility index (Phi) is 4.10. The molecule has 1 amide bonds. The fourth-order valence-electron chi connectivity index (χ4n) is 4.21. The highest BCUT2D eigenvalue weighted by atomic mass is 16.5. The van der Waals surface area contributed by atoms with Gasteiger partial charge < -0.3 is 14.1 Å². The van der Waals surface area contributed by atoms with Gasteiger partial charge in [-0.05, 0) is 48.6 Å². The van der Waals surface area contributed by atoms with Gasteiger partial charge >= 0.3 is 0 Å². The number of furan rings is 1. The van der Waals surface area contributed by atoms with E-state index < -0.39 is 0 Å². The zero-order chi connectivity index (χ0) is 16.4. The number of hydrogen-bond donors (Lipinski definition) is 0. The van der Waals surface area contributed by atoms with E-state index in [1.165, 1.54) is 12.8 Å². The molecule has 1 aliphatic carbocycles. The first-order valence-electron chi connectivity index (χ1n) is 8.56. The smallest absolute Gasteiger partial charge is 0.289 e. The summed E-state index contributed by atoms with van der Waals surface area (Å²) in [5.41, 5.74) is 1.24. The molecule has 2 fully saturated rings. The van der Waals surface area contributed by atoms with Crippen LogP contribution in [0.15, 0.2) is 47.3 Å². The normalized spacial score (nSPS) is 25.8. The number of rotatable bonds is 5. The van der Waals surface area contributed by atoms with Crippen molar-refractivity contribution in [3.05, 3.63) is 54.2 Å². The lowest BCUT2D eigenvalue weighted by molar-refractivity contribution is 0.0263. The molecule has 5 heteroatoms. The third kappa shape index (κ3) is 2.84. The number of carbonyl (C=O) groups is 1. The van der Waals surface area contributed by atoms with E-state index in [2.05, 4.69) is 4.98 Å². The highest BCUT2D eigenvalue weighted by Crippen LogP contribution is 2.49. The van der Waals surface area contributed by atoms with Crippen LogP contribution in [-0.2, 0) is 11.3 Å². The van der Waals surface area contributed by atoms with Gasteiger partial charge in [0.05, 0.1) is 19.5 Å². The summed E-state index contributed by atoms with van der Waals surface area (Å²) in [6.45, 7) is 2.90. The van der Waals surface area contributed by atoms with Crippen molar-refractivity contribution in [1.82, 2.24) is 9.88 Å². The maximum absolute atomic E-state index is 12.6. The lowest BCUT2D eigenvalue weighted by Crippen LogP contribution is -2.34. The number of amides is 1. The Morgan fingerprint density at radius 2 is 2.25 bits per heavy atom. The number of likely N-dealkylation sites (tertiary alicyclic amines) is 1. The summed E-state index contributed by atoms with van der Waals surface area (Å²) in [5, 5.41) is 0. The molecule has 5 nitrogen and oxygen atoms in total. The molecule has 1 saturated carbocycles. The minimum Gasteiger partial charge on any atom is -0.459 e. The van der Waals surface area contributed by atoms with Crippen molar-refractivity contribution in [2.75, 3.05) is 19.7 Å². The molecule has 0 unspecified atom stereocenters. The van der Waals surface area contributed by atoms with Crippen LogP contribution >= 0.6 is 0 Å². The molecule has 3 heterocycles. The summed E-state index contributed by atoms with van der Waals surface area (Å²) in [6, 6.07) is 7.46. The zero-order valence-electron chi connectivity index (χ0n) is 13.7. The van der Waals surface area contributed by atoms with Crippen LogP contribution in [0, 0.1) is 11.3 Å². The molecule has 2 aromatic rings. The van der Waals surface area contributed by atoms with Gasteiger partial charge in [0.2, 0.25) is 0 Å². The fraction of sp³-hybridized carbons (Fsp3) is 0.474. The van der Waals surface area contributed by atoms with Crippen LogP contribution < -0.4 is 0 Å². The Labute approximate surface area is 141 Å². The predicted molar refractivity (Wildman–Crippen MR) is 88.3 cm³/mol. The van der Waals surface area contributed by atoms with Crippen molar-refractivity contribution in [1.29, 1.82) is 0 Å². The van der Waals surface area contributed by atoms with Crippen molar-refractivity contribution in [3.8, 4) is 0 Å². The minimum absolute atomic E-state index is 0.00269. The van der Waals surface area contributed by atoms with Crippen molar-refractivity contribution < 1.29 is 13.9 Å². The number of carbonyl (C=O) groups excluding carboxylic acids is 1. The topological polar surface area (TPSA) is 55.6 Å². The number of ether oxygens (including phenoxy) is 1. The quantitative estimate of drug-likeness (QED) is 0.847. The second kappa shape index (κ2) is 6.40.